The lowest BCUT2D eigenvalue weighted by molar-refractivity contribution is 0.234. The molecule has 0 bridgehead atoms. The summed E-state index contributed by atoms with van der Waals surface area (Å²) < 4.78 is 5.52. The van der Waals surface area contributed by atoms with Crippen molar-refractivity contribution in [3.63, 3.8) is 0 Å². The average Bonchev–Trinajstić information content (AvgIpc) is 3.18. The monoisotopic (exact) mass is 312 g/mol. The fraction of sp³-hybridized carbons (Fsp3) is 1.00. The first-order valence-electron chi connectivity index (χ1n) is 10.0. The SMILES string of the molecule is CCCCCCCCCCCCCCCC[C@]1(C)O[C@H]1CO. The Morgan fingerprint density at radius 3 is 1.50 bits per heavy atom. The third-order valence-corrected chi connectivity index (χ3v) is 5.23. The number of hydrogen-bond donors (Lipinski definition) is 1. The van der Waals surface area contributed by atoms with Gasteiger partial charge in [-0.15, -0.1) is 0 Å². The van der Waals surface area contributed by atoms with Crippen molar-refractivity contribution in [2.45, 2.75) is 122 Å². The molecule has 1 N–H and O–H groups in total. The van der Waals surface area contributed by atoms with Crippen LogP contribution >= 0.6 is 0 Å². The maximum atomic E-state index is 9.03. The van der Waals surface area contributed by atoms with Gasteiger partial charge in [0.2, 0.25) is 0 Å². The second kappa shape index (κ2) is 12.4. The second-order valence-electron chi connectivity index (χ2n) is 7.45. The van der Waals surface area contributed by atoms with Crippen molar-refractivity contribution in [1.29, 1.82) is 0 Å². The summed E-state index contributed by atoms with van der Waals surface area (Å²) in [5, 5.41) is 9.03. The molecule has 0 amide bonds. The molecule has 0 spiro atoms. The van der Waals surface area contributed by atoms with E-state index in [2.05, 4.69) is 13.8 Å². The fourth-order valence-corrected chi connectivity index (χ4v) is 3.41. The predicted molar refractivity (Wildman–Crippen MR) is 95.3 cm³/mol. The largest absolute Gasteiger partial charge is 0.394 e. The molecular formula is C20H40O2. The Labute approximate surface area is 139 Å². The minimum atomic E-state index is 0.00583. The average molecular weight is 313 g/mol. The highest BCUT2D eigenvalue weighted by molar-refractivity contribution is 4.98. The Balaban J connectivity index is 1.70. The summed E-state index contributed by atoms with van der Waals surface area (Å²) in [6.45, 7) is 4.61. The van der Waals surface area contributed by atoms with Gasteiger partial charge in [-0.1, -0.05) is 96.8 Å². The number of aliphatic hydroxyl groups excluding tert-OH is 1. The lowest BCUT2D eigenvalue weighted by Crippen LogP contribution is -2.12. The Kier molecular flexibility index (Phi) is 11.2. The minimum absolute atomic E-state index is 0.00583. The number of unbranched alkanes of at least 4 members (excludes halogenated alkanes) is 13. The van der Waals surface area contributed by atoms with Gasteiger partial charge in [0.1, 0.15) is 6.10 Å². The van der Waals surface area contributed by atoms with Gasteiger partial charge in [0, 0.05) is 0 Å². The molecule has 1 aliphatic heterocycles. The van der Waals surface area contributed by atoms with Crippen LogP contribution in [0.5, 0.6) is 0 Å². The molecule has 0 aromatic heterocycles. The van der Waals surface area contributed by atoms with E-state index in [0.29, 0.717) is 0 Å². The highest BCUT2D eigenvalue weighted by Gasteiger charge is 2.50. The van der Waals surface area contributed by atoms with Gasteiger partial charge in [-0.05, 0) is 13.3 Å². The van der Waals surface area contributed by atoms with Crippen LogP contribution in [0, 0.1) is 0 Å². The molecule has 1 fully saturated rings. The molecule has 0 aromatic rings. The highest BCUT2D eigenvalue weighted by atomic mass is 16.6. The lowest BCUT2D eigenvalue weighted by Gasteiger charge is -2.06. The van der Waals surface area contributed by atoms with Crippen LogP contribution in [0.25, 0.3) is 0 Å². The van der Waals surface area contributed by atoms with Crippen molar-refractivity contribution in [3.8, 4) is 0 Å². The van der Waals surface area contributed by atoms with Gasteiger partial charge in [0.05, 0.1) is 12.2 Å². The normalized spacial score (nSPS) is 23.9. The van der Waals surface area contributed by atoms with Crippen molar-refractivity contribution in [3.05, 3.63) is 0 Å². The van der Waals surface area contributed by atoms with Crippen LogP contribution in [0.15, 0.2) is 0 Å². The topological polar surface area (TPSA) is 32.8 Å². The third-order valence-electron chi connectivity index (χ3n) is 5.23. The minimum Gasteiger partial charge on any atom is -0.394 e. The number of aliphatic hydroxyl groups is 1. The van der Waals surface area contributed by atoms with Gasteiger partial charge < -0.3 is 9.84 Å². The summed E-state index contributed by atoms with van der Waals surface area (Å²) in [7, 11) is 0. The van der Waals surface area contributed by atoms with Crippen molar-refractivity contribution in [2.24, 2.45) is 0 Å². The van der Waals surface area contributed by atoms with E-state index in [1.54, 1.807) is 0 Å². The zero-order chi connectivity index (χ0) is 16.1. The molecule has 2 heteroatoms. The van der Waals surface area contributed by atoms with Gasteiger partial charge >= 0.3 is 0 Å². The first kappa shape index (κ1) is 20.0. The molecule has 0 aliphatic carbocycles. The van der Waals surface area contributed by atoms with Gasteiger partial charge in [-0.3, -0.25) is 0 Å². The summed E-state index contributed by atoms with van der Waals surface area (Å²) in [5.74, 6) is 0. The van der Waals surface area contributed by atoms with E-state index in [1.165, 1.54) is 89.9 Å². The molecule has 1 rings (SSSR count). The molecule has 1 saturated heterocycles. The van der Waals surface area contributed by atoms with Crippen molar-refractivity contribution in [2.75, 3.05) is 6.61 Å². The van der Waals surface area contributed by atoms with E-state index in [0.717, 1.165) is 6.42 Å². The van der Waals surface area contributed by atoms with Crippen LogP contribution in [0.4, 0.5) is 0 Å². The van der Waals surface area contributed by atoms with Crippen LogP contribution in [-0.4, -0.2) is 23.4 Å². The molecule has 0 unspecified atom stereocenters. The summed E-state index contributed by atoms with van der Waals surface area (Å²) in [6, 6.07) is 0. The third kappa shape index (κ3) is 9.15. The van der Waals surface area contributed by atoms with Crippen LogP contribution in [-0.2, 0) is 4.74 Å². The summed E-state index contributed by atoms with van der Waals surface area (Å²) >= 11 is 0. The van der Waals surface area contributed by atoms with Crippen molar-refractivity contribution < 1.29 is 9.84 Å². The zero-order valence-corrected chi connectivity index (χ0v) is 15.2. The lowest BCUT2D eigenvalue weighted by atomic mass is 9.98. The Hall–Kier alpha value is -0.0800. The van der Waals surface area contributed by atoms with Crippen molar-refractivity contribution >= 4 is 0 Å². The molecule has 1 aliphatic rings. The van der Waals surface area contributed by atoms with Gasteiger partial charge in [-0.2, -0.15) is 0 Å². The molecule has 2 nitrogen and oxygen atoms in total. The van der Waals surface area contributed by atoms with E-state index < -0.39 is 0 Å². The number of hydrogen-bond acceptors (Lipinski definition) is 2. The molecule has 0 radical (unpaired) electrons. The highest BCUT2D eigenvalue weighted by Crippen LogP contribution is 2.40. The van der Waals surface area contributed by atoms with E-state index in [-0.39, 0.29) is 18.3 Å². The summed E-state index contributed by atoms with van der Waals surface area (Å²) in [4.78, 5) is 0. The maximum Gasteiger partial charge on any atom is 0.110 e. The first-order chi connectivity index (χ1) is 10.7. The summed E-state index contributed by atoms with van der Waals surface area (Å²) in [6.07, 6.45) is 20.9. The van der Waals surface area contributed by atoms with Crippen molar-refractivity contribution in [1.82, 2.24) is 0 Å². The molecule has 0 aromatic carbocycles. The molecular weight excluding hydrogens is 272 g/mol. The predicted octanol–water partition coefficient (Wildman–Crippen LogP) is 6.01. The van der Waals surface area contributed by atoms with Crippen LogP contribution in [0.2, 0.25) is 0 Å². The van der Waals surface area contributed by atoms with Crippen LogP contribution in [0.1, 0.15) is 110 Å². The molecule has 132 valence electrons. The van der Waals surface area contributed by atoms with E-state index >= 15 is 0 Å². The number of ether oxygens (including phenoxy) is 1. The molecule has 0 saturated carbocycles. The van der Waals surface area contributed by atoms with E-state index in [4.69, 9.17) is 9.84 Å². The standard InChI is InChI=1S/C20H40O2/c1-3-4-5-6-7-8-9-10-11-12-13-14-15-16-17-20(2)19(18-21)22-20/h19,21H,3-18H2,1-2H3/t19-,20-/m0/s1. The zero-order valence-electron chi connectivity index (χ0n) is 15.2. The summed E-state index contributed by atoms with van der Waals surface area (Å²) in [5.41, 5.74) is 0.00583. The molecule has 1 heterocycles. The smallest absolute Gasteiger partial charge is 0.110 e. The number of rotatable bonds is 16. The van der Waals surface area contributed by atoms with Crippen LogP contribution < -0.4 is 0 Å². The van der Waals surface area contributed by atoms with Gasteiger partial charge in [0.25, 0.3) is 0 Å². The van der Waals surface area contributed by atoms with Gasteiger partial charge in [0.15, 0.2) is 0 Å². The van der Waals surface area contributed by atoms with E-state index in [9.17, 15) is 0 Å². The van der Waals surface area contributed by atoms with Gasteiger partial charge in [-0.25, -0.2) is 0 Å². The Morgan fingerprint density at radius 1 is 0.727 bits per heavy atom. The maximum absolute atomic E-state index is 9.03. The second-order valence-corrected chi connectivity index (χ2v) is 7.45. The Bertz CT molecular complexity index is 254. The van der Waals surface area contributed by atoms with E-state index in [1.807, 2.05) is 0 Å². The molecule has 22 heavy (non-hydrogen) atoms. The first-order valence-corrected chi connectivity index (χ1v) is 10.0. The quantitative estimate of drug-likeness (QED) is 0.280. The van der Waals surface area contributed by atoms with Crippen LogP contribution in [0.3, 0.4) is 0 Å². The molecule has 2 atom stereocenters. The fourth-order valence-electron chi connectivity index (χ4n) is 3.41. The Morgan fingerprint density at radius 2 is 1.14 bits per heavy atom. The number of epoxide rings is 1.